The van der Waals surface area contributed by atoms with E-state index in [1.54, 1.807) is 6.07 Å². The molecule has 3 atom stereocenters. The molecule has 1 saturated carbocycles. The summed E-state index contributed by atoms with van der Waals surface area (Å²) in [6.45, 7) is 5.15. The minimum atomic E-state index is -0.740. The summed E-state index contributed by atoms with van der Waals surface area (Å²) in [6.07, 6.45) is 4.10. The smallest absolute Gasteiger partial charge is 0.191 e. The Labute approximate surface area is 160 Å². The molecule has 0 amide bonds. The van der Waals surface area contributed by atoms with Gasteiger partial charge in [0.25, 0.3) is 0 Å². The van der Waals surface area contributed by atoms with Crippen LogP contribution in [0.15, 0.2) is 27.7 Å². The largest absolute Gasteiger partial charge is 0.357 e. The van der Waals surface area contributed by atoms with Crippen molar-refractivity contribution in [2.24, 2.45) is 4.99 Å². The molecule has 0 radical (unpaired) electrons. The van der Waals surface area contributed by atoms with Crippen molar-refractivity contribution in [2.75, 3.05) is 12.3 Å². The molecule has 0 saturated heterocycles. The minimum Gasteiger partial charge on any atom is -0.357 e. The molecule has 0 bridgehead atoms. The Kier molecular flexibility index (Phi) is 8.36. The Balaban J connectivity index is 2.02. The molecule has 140 valence electrons. The van der Waals surface area contributed by atoms with Crippen molar-refractivity contribution in [1.29, 1.82) is 0 Å². The van der Waals surface area contributed by atoms with Crippen LogP contribution in [-0.2, 0) is 17.3 Å². The average Bonchev–Trinajstić information content (AvgIpc) is 2.62. The normalized spacial score (nSPS) is 22.5. The van der Waals surface area contributed by atoms with Gasteiger partial charge in [-0.25, -0.2) is 9.38 Å². The number of benzene rings is 1. The van der Waals surface area contributed by atoms with Crippen molar-refractivity contribution < 1.29 is 8.60 Å². The number of hydrogen-bond donors (Lipinski definition) is 2. The van der Waals surface area contributed by atoms with Gasteiger partial charge in [0, 0.05) is 38.9 Å². The van der Waals surface area contributed by atoms with Gasteiger partial charge < -0.3 is 10.6 Å². The number of aliphatic imine (C=N–C) groups is 1. The lowest BCUT2D eigenvalue weighted by atomic mass is 9.95. The Bertz CT molecular complexity index is 626. The zero-order valence-electron chi connectivity index (χ0n) is 14.9. The molecule has 3 unspecified atom stereocenters. The van der Waals surface area contributed by atoms with E-state index in [1.165, 1.54) is 12.1 Å². The molecule has 1 aliphatic rings. The first-order valence-electron chi connectivity index (χ1n) is 8.89. The zero-order chi connectivity index (χ0) is 18.2. The van der Waals surface area contributed by atoms with Crippen molar-refractivity contribution in [3.8, 4) is 0 Å². The van der Waals surface area contributed by atoms with Crippen molar-refractivity contribution >= 4 is 32.7 Å². The molecular weight excluding hydrogens is 405 g/mol. The van der Waals surface area contributed by atoms with E-state index in [0.717, 1.165) is 54.0 Å². The summed E-state index contributed by atoms with van der Waals surface area (Å²) in [5, 5.41) is 6.99. The monoisotopic (exact) mass is 431 g/mol. The molecule has 1 fully saturated rings. The van der Waals surface area contributed by atoms with Crippen LogP contribution < -0.4 is 10.6 Å². The number of hydrogen-bond acceptors (Lipinski definition) is 2. The van der Waals surface area contributed by atoms with Crippen LogP contribution in [0.3, 0.4) is 0 Å². The van der Waals surface area contributed by atoms with Gasteiger partial charge in [0.2, 0.25) is 0 Å². The molecule has 0 aliphatic heterocycles. The Hall–Kier alpha value is -0.950. The highest BCUT2D eigenvalue weighted by atomic mass is 79.9. The third-order valence-corrected chi connectivity index (χ3v) is 6.90. The van der Waals surface area contributed by atoms with Crippen molar-refractivity contribution in [1.82, 2.24) is 10.6 Å². The fraction of sp³-hybridized carbons (Fsp3) is 0.611. The summed E-state index contributed by atoms with van der Waals surface area (Å²) in [6, 6.07) is 4.91. The number of rotatable bonds is 6. The molecule has 0 heterocycles. The van der Waals surface area contributed by atoms with Crippen LogP contribution in [0.25, 0.3) is 0 Å². The quantitative estimate of drug-likeness (QED) is 0.532. The fourth-order valence-electron chi connectivity index (χ4n) is 3.09. The molecule has 25 heavy (non-hydrogen) atoms. The number of nitrogens with one attached hydrogen (secondary N) is 2. The molecule has 2 rings (SSSR count). The summed E-state index contributed by atoms with van der Waals surface area (Å²) < 4.78 is 26.4. The van der Waals surface area contributed by atoms with Crippen molar-refractivity contribution in [2.45, 2.75) is 57.4 Å². The summed E-state index contributed by atoms with van der Waals surface area (Å²) in [5.41, 5.74) is 0.811. The van der Waals surface area contributed by atoms with E-state index in [4.69, 9.17) is 0 Å². The second-order valence-corrected chi connectivity index (χ2v) is 9.09. The molecule has 7 heteroatoms. The highest BCUT2D eigenvalue weighted by Crippen LogP contribution is 2.23. The van der Waals surface area contributed by atoms with Crippen LogP contribution in [-0.4, -0.2) is 33.8 Å². The van der Waals surface area contributed by atoms with Gasteiger partial charge in [-0.2, -0.15) is 0 Å². The Morgan fingerprint density at radius 1 is 1.40 bits per heavy atom. The standard InChI is InChI=1S/C18H27BrFN3OS/c1-3-21-18(22-12-13-10-14(20)8-9-17(13)19)23-15-6-5-7-16(11-15)25(24)4-2/h8-10,15-16H,3-7,11-12H2,1-2H3,(H2,21,22,23). The number of nitrogens with zero attached hydrogens (tertiary/aromatic N) is 1. The van der Waals surface area contributed by atoms with Crippen LogP contribution in [0.2, 0.25) is 0 Å². The maximum atomic E-state index is 13.4. The van der Waals surface area contributed by atoms with Gasteiger partial charge in [-0.15, -0.1) is 0 Å². The summed E-state index contributed by atoms with van der Waals surface area (Å²) in [7, 11) is -0.740. The van der Waals surface area contributed by atoms with Crippen LogP contribution in [0.5, 0.6) is 0 Å². The molecule has 1 aliphatic carbocycles. The summed E-state index contributed by atoms with van der Waals surface area (Å²) >= 11 is 3.44. The molecule has 0 spiro atoms. The average molecular weight is 432 g/mol. The molecule has 1 aromatic rings. The molecule has 0 aromatic heterocycles. The van der Waals surface area contributed by atoms with Gasteiger partial charge in [-0.05, 0) is 49.9 Å². The predicted octanol–water partition coefficient (Wildman–Crippen LogP) is 3.72. The highest BCUT2D eigenvalue weighted by Gasteiger charge is 2.26. The first-order valence-corrected chi connectivity index (χ1v) is 11.1. The third-order valence-electron chi connectivity index (χ3n) is 4.38. The first kappa shape index (κ1) is 20.4. The molecule has 4 nitrogen and oxygen atoms in total. The van der Waals surface area contributed by atoms with Gasteiger partial charge in [-0.3, -0.25) is 4.21 Å². The lowest BCUT2D eigenvalue weighted by Gasteiger charge is -2.30. The van der Waals surface area contributed by atoms with Crippen LogP contribution in [0, 0.1) is 5.82 Å². The van der Waals surface area contributed by atoms with Gasteiger partial charge in [-0.1, -0.05) is 29.3 Å². The lowest BCUT2D eigenvalue weighted by molar-refractivity contribution is 0.413. The van der Waals surface area contributed by atoms with E-state index in [9.17, 15) is 8.60 Å². The maximum absolute atomic E-state index is 13.4. The molecular formula is C18H27BrFN3OS. The fourth-order valence-corrected chi connectivity index (χ4v) is 4.81. The van der Waals surface area contributed by atoms with Gasteiger partial charge in [0.1, 0.15) is 5.82 Å². The van der Waals surface area contributed by atoms with E-state index < -0.39 is 10.8 Å². The van der Waals surface area contributed by atoms with Crippen LogP contribution >= 0.6 is 15.9 Å². The summed E-state index contributed by atoms with van der Waals surface area (Å²) in [5.74, 6) is 1.19. The van der Waals surface area contributed by atoms with Crippen molar-refractivity contribution in [3.63, 3.8) is 0 Å². The Morgan fingerprint density at radius 2 is 2.20 bits per heavy atom. The third kappa shape index (κ3) is 6.37. The van der Waals surface area contributed by atoms with Gasteiger partial charge in [0.05, 0.1) is 6.54 Å². The van der Waals surface area contributed by atoms with E-state index in [0.29, 0.717) is 6.54 Å². The second kappa shape index (κ2) is 10.3. The van der Waals surface area contributed by atoms with E-state index in [2.05, 4.69) is 31.6 Å². The lowest BCUT2D eigenvalue weighted by Crippen LogP contribution is -2.46. The Morgan fingerprint density at radius 3 is 2.92 bits per heavy atom. The molecule has 1 aromatic carbocycles. The van der Waals surface area contributed by atoms with E-state index in [-0.39, 0.29) is 17.1 Å². The molecule has 2 N–H and O–H groups in total. The zero-order valence-corrected chi connectivity index (χ0v) is 17.3. The van der Waals surface area contributed by atoms with E-state index >= 15 is 0 Å². The maximum Gasteiger partial charge on any atom is 0.191 e. The predicted molar refractivity (Wildman–Crippen MR) is 107 cm³/mol. The topological polar surface area (TPSA) is 53.5 Å². The number of guanidine groups is 1. The first-order chi connectivity index (χ1) is 12.0. The van der Waals surface area contributed by atoms with Gasteiger partial charge in [0.15, 0.2) is 5.96 Å². The SMILES string of the molecule is CCNC(=NCc1cc(F)ccc1Br)NC1CCCC(S(=O)CC)C1. The van der Waals surface area contributed by atoms with Crippen LogP contribution in [0.4, 0.5) is 4.39 Å². The van der Waals surface area contributed by atoms with Crippen LogP contribution in [0.1, 0.15) is 45.1 Å². The van der Waals surface area contributed by atoms with Gasteiger partial charge >= 0.3 is 0 Å². The number of halogens is 2. The summed E-state index contributed by atoms with van der Waals surface area (Å²) in [4.78, 5) is 4.59. The minimum absolute atomic E-state index is 0.261. The highest BCUT2D eigenvalue weighted by molar-refractivity contribution is 9.10. The van der Waals surface area contributed by atoms with E-state index in [1.807, 2.05) is 13.8 Å². The van der Waals surface area contributed by atoms with Crippen molar-refractivity contribution in [3.05, 3.63) is 34.1 Å². The second-order valence-electron chi connectivity index (χ2n) is 6.23.